The van der Waals surface area contributed by atoms with Gasteiger partial charge in [-0.2, -0.15) is 0 Å². The Bertz CT molecular complexity index is 704. The lowest BCUT2D eigenvalue weighted by atomic mass is 10.2. The van der Waals surface area contributed by atoms with Gasteiger partial charge in [0.2, 0.25) is 0 Å². The maximum atomic E-state index is 11.9. The van der Waals surface area contributed by atoms with E-state index in [4.69, 9.17) is 9.47 Å². The van der Waals surface area contributed by atoms with Crippen LogP contribution in [0.2, 0.25) is 0 Å². The van der Waals surface area contributed by atoms with Crippen LogP contribution in [0.15, 0.2) is 60.7 Å². The number of carbonyl (C=O) groups excluding carboxylic acids is 1. The van der Waals surface area contributed by atoms with Crippen LogP contribution in [-0.4, -0.2) is 32.0 Å². The number of carbonyl (C=O) groups is 1. The van der Waals surface area contributed by atoms with Gasteiger partial charge in [-0.05, 0) is 24.3 Å². The first-order valence-corrected chi connectivity index (χ1v) is 7.48. The van der Waals surface area contributed by atoms with Gasteiger partial charge < -0.3 is 9.47 Å². The van der Waals surface area contributed by atoms with E-state index in [2.05, 4.69) is 11.8 Å². The fourth-order valence-electron chi connectivity index (χ4n) is 2.33. The summed E-state index contributed by atoms with van der Waals surface area (Å²) in [4.78, 5) is 13.5. The lowest BCUT2D eigenvalue weighted by Crippen LogP contribution is -2.25. The maximum Gasteiger partial charge on any atom is 0.414 e. The minimum atomic E-state index is -0.333. The van der Waals surface area contributed by atoms with Crippen molar-refractivity contribution in [3.8, 4) is 11.8 Å². The molecule has 0 aromatic heterocycles. The van der Waals surface area contributed by atoms with Crippen LogP contribution < -0.4 is 4.90 Å². The molecule has 0 N–H and O–H groups in total. The molecule has 0 radical (unpaired) electrons. The molecule has 0 unspecified atom stereocenters. The van der Waals surface area contributed by atoms with Crippen molar-refractivity contribution in [2.24, 2.45) is 0 Å². The standard InChI is InChI=1S/C19H17NO3/c21-19-20(17-11-5-2-6-12-17)14-18(23-19)15-22-13-7-10-16-8-3-1-4-9-16/h1-6,8-9,11-12,18H,13-15H2/t18-/m0/s1. The molecule has 4 heteroatoms. The fraction of sp³-hybridized carbons (Fsp3) is 0.211. The topological polar surface area (TPSA) is 38.8 Å². The molecule has 1 atom stereocenters. The summed E-state index contributed by atoms with van der Waals surface area (Å²) in [7, 11) is 0. The number of ether oxygens (including phenoxy) is 2. The minimum absolute atomic E-state index is 0.263. The fourth-order valence-corrected chi connectivity index (χ4v) is 2.33. The van der Waals surface area contributed by atoms with Crippen molar-refractivity contribution in [1.82, 2.24) is 0 Å². The van der Waals surface area contributed by atoms with Crippen molar-refractivity contribution < 1.29 is 14.3 Å². The molecule has 1 amide bonds. The zero-order valence-electron chi connectivity index (χ0n) is 12.6. The van der Waals surface area contributed by atoms with Gasteiger partial charge in [0.1, 0.15) is 12.7 Å². The third-order valence-corrected chi connectivity index (χ3v) is 3.43. The Labute approximate surface area is 135 Å². The molecule has 0 aliphatic carbocycles. The van der Waals surface area contributed by atoms with Gasteiger partial charge in [0.25, 0.3) is 0 Å². The maximum absolute atomic E-state index is 11.9. The monoisotopic (exact) mass is 307 g/mol. The van der Waals surface area contributed by atoms with E-state index in [1.807, 2.05) is 60.7 Å². The molecule has 116 valence electrons. The molecule has 3 rings (SSSR count). The summed E-state index contributed by atoms with van der Waals surface area (Å²) in [6.07, 6.45) is -0.596. The summed E-state index contributed by atoms with van der Waals surface area (Å²) in [5.41, 5.74) is 1.79. The Kier molecular flexibility index (Phi) is 4.92. The molecule has 2 aromatic carbocycles. The molecule has 0 spiro atoms. The summed E-state index contributed by atoms with van der Waals surface area (Å²) < 4.78 is 10.8. The second kappa shape index (κ2) is 7.48. The van der Waals surface area contributed by atoms with Crippen molar-refractivity contribution in [3.05, 3.63) is 66.2 Å². The zero-order chi connectivity index (χ0) is 15.9. The number of benzene rings is 2. The average molecular weight is 307 g/mol. The van der Waals surface area contributed by atoms with E-state index in [0.29, 0.717) is 19.8 Å². The first-order valence-electron chi connectivity index (χ1n) is 7.48. The molecular weight excluding hydrogens is 290 g/mol. The molecule has 1 fully saturated rings. The van der Waals surface area contributed by atoms with Crippen LogP contribution >= 0.6 is 0 Å². The number of cyclic esters (lactones) is 1. The van der Waals surface area contributed by atoms with Crippen LogP contribution in [0.5, 0.6) is 0 Å². The highest BCUT2D eigenvalue weighted by molar-refractivity contribution is 5.89. The van der Waals surface area contributed by atoms with Gasteiger partial charge in [0.05, 0.1) is 13.2 Å². The quantitative estimate of drug-likeness (QED) is 0.643. The molecule has 0 saturated carbocycles. The second-order valence-electron chi connectivity index (χ2n) is 5.13. The van der Waals surface area contributed by atoms with Gasteiger partial charge in [-0.15, -0.1) is 0 Å². The first kappa shape index (κ1) is 15.1. The van der Waals surface area contributed by atoms with Gasteiger partial charge in [0.15, 0.2) is 0 Å². The van der Waals surface area contributed by atoms with Crippen LogP contribution in [-0.2, 0) is 9.47 Å². The lowest BCUT2D eigenvalue weighted by Gasteiger charge is -2.12. The van der Waals surface area contributed by atoms with Crippen LogP contribution in [0, 0.1) is 11.8 Å². The van der Waals surface area contributed by atoms with Crippen molar-refractivity contribution in [2.75, 3.05) is 24.7 Å². The van der Waals surface area contributed by atoms with Crippen LogP contribution in [0.25, 0.3) is 0 Å². The van der Waals surface area contributed by atoms with Gasteiger partial charge in [0, 0.05) is 11.3 Å². The third-order valence-electron chi connectivity index (χ3n) is 3.43. The molecule has 1 aliphatic rings. The minimum Gasteiger partial charge on any atom is -0.441 e. The Morgan fingerprint density at radius 3 is 2.52 bits per heavy atom. The zero-order valence-corrected chi connectivity index (χ0v) is 12.6. The predicted molar refractivity (Wildman–Crippen MR) is 88.2 cm³/mol. The predicted octanol–water partition coefficient (Wildman–Crippen LogP) is 3.08. The first-order chi connectivity index (χ1) is 11.3. The van der Waals surface area contributed by atoms with Gasteiger partial charge in [-0.25, -0.2) is 4.79 Å². The van der Waals surface area contributed by atoms with E-state index in [1.54, 1.807) is 4.90 Å². The highest BCUT2D eigenvalue weighted by Crippen LogP contribution is 2.21. The second-order valence-corrected chi connectivity index (χ2v) is 5.13. The highest BCUT2D eigenvalue weighted by atomic mass is 16.6. The van der Waals surface area contributed by atoms with Crippen molar-refractivity contribution in [3.63, 3.8) is 0 Å². The smallest absolute Gasteiger partial charge is 0.414 e. The van der Waals surface area contributed by atoms with Crippen LogP contribution in [0.4, 0.5) is 10.5 Å². The summed E-state index contributed by atoms with van der Waals surface area (Å²) >= 11 is 0. The molecule has 1 saturated heterocycles. The number of hydrogen-bond acceptors (Lipinski definition) is 3. The number of rotatable bonds is 4. The Morgan fingerprint density at radius 1 is 1.09 bits per heavy atom. The Balaban J connectivity index is 1.45. The van der Waals surface area contributed by atoms with Gasteiger partial charge in [-0.3, -0.25) is 4.90 Å². The third kappa shape index (κ3) is 4.12. The summed E-state index contributed by atoms with van der Waals surface area (Å²) in [6, 6.07) is 19.2. The average Bonchev–Trinajstić information content (AvgIpc) is 2.97. The lowest BCUT2D eigenvalue weighted by molar-refractivity contribution is 0.0598. The molecule has 4 nitrogen and oxygen atoms in total. The van der Waals surface area contributed by atoms with Gasteiger partial charge in [-0.1, -0.05) is 48.2 Å². The van der Waals surface area contributed by atoms with E-state index < -0.39 is 0 Å². The largest absolute Gasteiger partial charge is 0.441 e. The Hall–Kier alpha value is -2.77. The molecule has 0 bridgehead atoms. The normalized spacial score (nSPS) is 16.6. The number of nitrogens with zero attached hydrogens (tertiary/aromatic N) is 1. The van der Waals surface area contributed by atoms with Crippen LogP contribution in [0.1, 0.15) is 5.56 Å². The number of anilines is 1. The van der Waals surface area contributed by atoms with Crippen molar-refractivity contribution in [2.45, 2.75) is 6.10 Å². The van der Waals surface area contributed by atoms with Crippen LogP contribution in [0.3, 0.4) is 0 Å². The van der Waals surface area contributed by atoms with E-state index in [-0.39, 0.29) is 12.2 Å². The van der Waals surface area contributed by atoms with E-state index in [9.17, 15) is 4.79 Å². The van der Waals surface area contributed by atoms with Crippen molar-refractivity contribution in [1.29, 1.82) is 0 Å². The Morgan fingerprint density at radius 2 is 1.78 bits per heavy atom. The SMILES string of the molecule is O=C1O[C@H](COCC#Cc2ccccc2)CN1c1ccccc1. The van der Waals surface area contributed by atoms with Crippen molar-refractivity contribution >= 4 is 11.8 Å². The molecule has 2 aromatic rings. The van der Waals surface area contributed by atoms with E-state index in [0.717, 1.165) is 11.3 Å². The molecule has 1 heterocycles. The molecule has 1 aliphatic heterocycles. The van der Waals surface area contributed by atoms with E-state index in [1.165, 1.54) is 0 Å². The summed E-state index contributed by atoms with van der Waals surface area (Å²) in [5.74, 6) is 5.97. The molecule has 23 heavy (non-hydrogen) atoms. The van der Waals surface area contributed by atoms with E-state index >= 15 is 0 Å². The number of hydrogen-bond donors (Lipinski definition) is 0. The summed E-state index contributed by atoms with van der Waals surface area (Å²) in [5, 5.41) is 0. The highest BCUT2D eigenvalue weighted by Gasteiger charge is 2.32. The van der Waals surface area contributed by atoms with Gasteiger partial charge >= 0.3 is 6.09 Å². The number of para-hydroxylation sites is 1. The summed E-state index contributed by atoms with van der Waals surface area (Å²) in [6.45, 7) is 1.15. The molecular formula is C19H17NO3. The number of amides is 1.